The van der Waals surface area contributed by atoms with Crippen molar-refractivity contribution in [1.82, 2.24) is 4.90 Å². The van der Waals surface area contributed by atoms with E-state index in [1.807, 2.05) is 48.5 Å². The molecule has 1 aliphatic rings. The molecule has 0 saturated carbocycles. The van der Waals surface area contributed by atoms with Crippen LogP contribution in [0.1, 0.15) is 11.6 Å². The van der Waals surface area contributed by atoms with Crippen LogP contribution < -0.4 is 9.64 Å². The molecule has 0 bridgehead atoms. The summed E-state index contributed by atoms with van der Waals surface area (Å²) in [6.07, 6.45) is 0. The lowest BCUT2D eigenvalue weighted by Crippen LogP contribution is -2.49. The fraction of sp³-hybridized carbons (Fsp3) is 0.350. The summed E-state index contributed by atoms with van der Waals surface area (Å²) in [7, 11) is 3.14. The van der Waals surface area contributed by atoms with Gasteiger partial charge in [-0.15, -0.1) is 0 Å². The van der Waals surface area contributed by atoms with Crippen LogP contribution in [0.5, 0.6) is 5.75 Å². The zero-order chi connectivity index (χ0) is 17.6. The van der Waals surface area contributed by atoms with Crippen molar-refractivity contribution in [2.24, 2.45) is 0 Å². The number of benzene rings is 2. The Labute approximate surface area is 148 Å². The molecule has 0 spiro atoms. The molecule has 0 aromatic heterocycles. The standard InChI is InChI=1S/C20H24N2O3/c1-24-18-11-7-6-10-17(18)21-12-14-22(15-13-21)19(20(23)25-2)16-8-4-3-5-9-16/h3-11,19H,12-15H2,1-2H3/t19-/m0/s1. The molecule has 0 unspecified atom stereocenters. The maximum absolute atomic E-state index is 12.4. The number of hydrogen-bond acceptors (Lipinski definition) is 5. The van der Waals surface area contributed by atoms with Crippen molar-refractivity contribution in [3.63, 3.8) is 0 Å². The zero-order valence-electron chi connectivity index (χ0n) is 14.7. The van der Waals surface area contributed by atoms with Gasteiger partial charge in [-0.25, -0.2) is 4.79 Å². The van der Waals surface area contributed by atoms with Crippen LogP contribution in [0.25, 0.3) is 0 Å². The van der Waals surface area contributed by atoms with Crippen LogP contribution in [-0.2, 0) is 9.53 Å². The second kappa shape index (κ2) is 8.03. The average Bonchev–Trinajstić information content (AvgIpc) is 2.69. The fourth-order valence-electron chi connectivity index (χ4n) is 3.35. The third kappa shape index (κ3) is 3.77. The molecule has 1 heterocycles. The summed E-state index contributed by atoms with van der Waals surface area (Å²) in [4.78, 5) is 16.9. The van der Waals surface area contributed by atoms with Gasteiger partial charge in [0.2, 0.25) is 0 Å². The third-order valence-corrected chi connectivity index (χ3v) is 4.65. The SMILES string of the molecule is COC(=O)[C@H](c1ccccc1)N1CCN(c2ccccc2OC)CC1. The molecular formula is C20H24N2O3. The van der Waals surface area contributed by atoms with E-state index in [-0.39, 0.29) is 12.0 Å². The van der Waals surface area contributed by atoms with Gasteiger partial charge in [0, 0.05) is 26.2 Å². The minimum Gasteiger partial charge on any atom is -0.495 e. The van der Waals surface area contributed by atoms with Crippen molar-refractivity contribution in [3.8, 4) is 5.75 Å². The molecule has 25 heavy (non-hydrogen) atoms. The number of piperazine rings is 1. The fourth-order valence-corrected chi connectivity index (χ4v) is 3.35. The predicted octanol–water partition coefficient (Wildman–Crippen LogP) is 2.73. The molecule has 1 fully saturated rings. The molecule has 132 valence electrons. The predicted molar refractivity (Wildman–Crippen MR) is 98.0 cm³/mol. The minimum absolute atomic E-state index is 0.211. The number of hydrogen-bond donors (Lipinski definition) is 0. The van der Waals surface area contributed by atoms with E-state index in [1.54, 1.807) is 7.11 Å². The van der Waals surface area contributed by atoms with E-state index in [0.717, 1.165) is 43.2 Å². The first-order chi connectivity index (χ1) is 12.2. The van der Waals surface area contributed by atoms with E-state index in [2.05, 4.69) is 15.9 Å². The number of methoxy groups -OCH3 is 2. The van der Waals surface area contributed by atoms with E-state index >= 15 is 0 Å². The van der Waals surface area contributed by atoms with Gasteiger partial charge in [-0.3, -0.25) is 4.90 Å². The quantitative estimate of drug-likeness (QED) is 0.783. The Hall–Kier alpha value is -2.53. The Kier molecular flexibility index (Phi) is 5.56. The van der Waals surface area contributed by atoms with Gasteiger partial charge in [0.05, 0.1) is 19.9 Å². The number of ether oxygens (including phenoxy) is 2. The van der Waals surface area contributed by atoms with Gasteiger partial charge >= 0.3 is 5.97 Å². The highest BCUT2D eigenvalue weighted by Gasteiger charge is 2.31. The average molecular weight is 340 g/mol. The van der Waals surface area contributed by atoms with Crippen molar-refractivity contribution >= 4 is 11.7 Å². The van der Waals surface area contributed by atoms with Crippen LogP contribution >= 0.6 is 0 Å². The summed E-state index contributed by atoms with van der Waals surface area (Å²) in [6, 6.07) is 17.5. The molecule has 0 amide bonds. The monoisotopic (exact) mass is 340 g/mol. The van der Waals surface area contributed by atoms with E-state index < -0.39 is 0 Å². The molecule has 1 atom stereocenters. The normalized spacial score (nSPS) is 16.3. The lowest BCUT2D eigenvalue weighted by atomic mass is 10.0. The van der Waals surface area contributed by atoms with Crippen molar-refractivity contribution in [3.05, 3.63) is 60.2 Å². The number of anilines is 1. The van der Waals surface area contributed by atoms with Crippen LogP contribution in [0.3, 0.4) is 0 Å². The van der Waals surface area contributed by atoms with Gasteiger partial charge in [-0.1, -0.05) is 42.5 Å². The molecule has 5 heteroatoms. The molecule has 3 rings (SSSR count). The first kappa shape index (κ1) is 17.3. The van der Waals surface area contributed by atoms with E-state index in [0.29, 0.717) is 0 Å². The second-order valence-electron chi connectivity index (χ2n) is 6.03. The van der Waals surface area contributed by atoms with Crippen molar-refractivity contribution in [2.45, 2.75) is 6.04 Å². The molecule has 1 saturated heterocycles. The molecule has 0 radical (unpaired) electrons. The Morgan fingerprint density at radius 1 is 0.920 bits per heavy atom. The molecule has 0 N–H and O–H groups in total. The van der Waals surface area contributed by atoms with Crippen LogP contribution in [0.4, 0.5) is 5.69 Å². The van der Waals surface area contributed by atoms with Crippen molar-refractivity contribution < 1.29 is 14.3 Å². The molecule has 2 aromatic rings. The summed E-state index contributed by atoms with van der Waals surface area (Å²) in [5.74, 6) is 0.667. The van der Waals surface area contributed by atoms with Crippen LogP contribution in [0.2, 0.25) is 0 Å². The van der Waals surface area contributed by atoms with Crippen molar-refractivity contribution in [2.75, 3.05) is 45.3 Å². The van der Waals surface area contributed by atoms with Gasteiger partial charge < -0.3 is 14.4 Å². The summed E-state index contributed by atoms with van der Waals surface area (Å²) >= 11 is 0. The number of esters is 1. The topological polar surface area (TPSA) is 42.0 Å². The van der Waals surface area contributed by atoms with Gasteiger partial charge in [-0.05, 0) is 17.7 Å². The van der Waals surface area contributed by atoms with Crippen LogP contribution in [-0.4, -0.2) is 51.3 Å². The molecule has 1 aliphatic heterocycles. The van der Waals surface area contributed by atoms with Crippen molar-refractivity contribution in [1.29, 1.82) is 0 Å². The largest absolute Gasteiger partial charge is 0.495 e. The molecule has 0 aliphatic carbocycles. The summed E-state index contributed by atoms with van der Waals surface area (Å²) in [5, 5.41) is 0. The van der Waals surface area contributed by atoms with E-state index in [9.17, 15) is 4.79 Å². The third-order valence-electron chi connectivity index (χ3n) is 4.65. The Morgan fingerprint density at radius 2 is 1.56 bits per heavy atom. The molecular weight excluding hydrogens is 316 g/mol. The summed E-state index contributed by atoms with van der Waals surface area (Å²) < 4.78 is 10.5. The van der Waals surface area contributed by atoms with Gasteiger partial charge in [0.1, 0.15) is 11.8 Å². The first-order valence-electron chi connectivity index (χ1n) is 8.49. The number of carbonyl (C=O) groups is 1. The first-order valence-corrected chi connectivity index (χ1v) is 8.49. The highest BCUT2D eigenvalue weighted by molar-refractivity contribution is 5.77. The number of nitrogens with zero attached hydrogens (tertiary/aromatic N) is 2. The van der Waals surface area contributed by atoms with E-state index in [1.165, 1.54) is 7.11 Å². The van der Waals surface area contributed by atoms with Gasteiger partial charge in [0.15, 0.2) is 0 Å². The minimum atomic E-state index is -0.356. The number of rotatable bonds is 5. The van der Waals surface area contributed by atoms with Crippen LogP contribution in [0.15, 0.2) is 54.6 Å². The maximum Gasteiger partial charge on any atom is 0.327 e. The maximum atomic E-state index is 12.4. The lowest BCUT2D eigenvalue weighted by Gasteiger charge is -2.39. The Morgan fingerprint density at radius 3 is 2.20 bits per heavy atom. The second-order valence-corrected chi connectivity index (χ2v) is 6.03. The van der Waals surface area contributed by atoms with Gasteiger partial charge in [-0.2, -0.15) is 0 Å². The Balaban J connectivity index is 1.74. The number of para-hydroxylation sites is 2. The van der Waals surface area contributed by atoms with Gasteiger partial charge in [0.25, 0.3) is 0 Å². The Bertz CT molecular complexity index is 697. The summed E-state index contributed by atoms with van der Waals surface area (Å²) in [6.45, 7) is 3.24. The molecule has 2 aromatic carbocycles. The smallest absolute Gasteiger partial charge is 0.327 e. The highest BCUT2D eigenvalue weighted by Crippen LogP contribution is 2.30. The zero-order valence-corrected chi connectivity index (χ0v) is 14.7. The van der Waals surface area contributed by atoms with E-state index in [4.69, 9.17) is 9.47 Å². The lowest BCUT2D eigenvalue weighted by molar-refractivity contribution is -0.147. The number of carbonyl (C=O) groups excluding carboxylic acids is 1. The molecule has 5 nitrogen and oxygen atoms in total. The van der Waals surface area contributed by atoms with Crippen LogP contribution in [0, 0.1) is 0 Å². The summed E-state index contributed by atoms with van der Waals surface area (Å²) in [5.41, 5.74) is 2.07. The highest BCUT2D eigenvalue weighted by atomic mass is 16.5.